The van der Waals surface area contributed by atoms with Gasteiger partial charge in [0.25, 0.3) is 0 Å². The third kappa shape index (κ3) is 3.84. The fraction of sp³-hybridized carbons (Fsp3) is 0.529. The van der Waals surface area contributed by atoms with E-state index in [1.54, 1.807) is 24.3 Å². The molecule has 0 aliphatic heterocycles. The van der Waals surface area contributed by atoms with Crippen LogP contribution in [-0.4, -0.2) is 5.97 Å². The van der Waals surface area contributed by atoms with Gasteiger partial charge in [0, 0.05) is 0 Å². The Morgan fingerprint density at radius 1 is 1.25 bits per heavy atom. The largest absolute Gasteiger partial charge is 0.426 e. The lowest BCUT2D eigenvalue weighted by atomic mass is 9.80. The lowest BCUT2D eigenvalue weighted by Gasteiger charge is -2.26. The minimum Gasteiger partial charge on any atom is -0.426 e. The number of nitriles is 1. The van der Waals surface area contributed by atoms with E-state index >= 15 is 0 Å². The van der Waals surface area contributed by atoms with Crippen molar-refractivity contribution in [1.29, 1.82) is 5.26 Å². The molecule has 1 aromatic carbocycles. The van der Waals surface area contributed by atoms with E-state index in [0.29, 0.717) is 11.3 Å². The summed E-state index contributed by atoms with van der Waals surface area (Å²) in [5, 5.41) is 8.72. The van der Waals surface area contributed by atoms with Crippen LogP contribution in [0.4, 0.5) is 0 Å². The number of esters is 1. The van der Waals surface area contributed by atoms with Crippen molar-refractivity contribution in [2.45, 2.75) is 45.4 Å². The number of carbonyl (C=O) groups is 1. The molecule has 0 unspecified atom stereocenters. The normalized spacial score (nSPS) is 22.0. The number of nitrogens with zero attached hydrogens (tertiary/aromatic N) is 1. The van der Waals surface area contributed by atoms with Gasteiger partial charge in [-0.15, -0.1) is 0 Å². The van der Waals surface area contributed by atoms with Gasteiger partial charge < -0.3 is 4.74 Å². The Morgan fingerprint density at radius 2 is 1.90 bits per heavy atom. The second-order valence-corrected chi connectivity index (χ2v) is 5.56. The number of hydrogen-bond donors (Lipinski definition) is 0. The molecule has 0 atom stereocenters. The van der Waals surface area contributed by atoms with Crippen molar-refractivity contribution in [3.63, 3.8) is 0 Å². The predicted molar refractivity (Wildman–Crippen MR) is 77.1 cm³/mol. The van der Waals surface area contributed by atoms with Gasteiger partial charge in [0.1, 0.15) is 5.75 Å². The molecule has 3 heteroatoms. The van der Waals surface area contributed by atoms with Crippen LogP contribution < -0.4 is 4.74 Å². The Hall–Kier alpha value is -1.82. The van der Waals surface area contributed by atoms with Gasteiger partial charge in [-0.25, -0.2) is 0 Å². The first kappa shape index (κ1) is 14.6. The molecule has 106 valence electrons. The summed E-state index contributed by atoms with van der Waals surface area (Å²) in [6.45, 7) is 2.21. The molecule has 1 aliphatic rings. The van der Waals surface area contributed by atoms with E-state index in [4.69, 9.17) is 10.00 Å². The van der Waals surface area contributed by atoms with Gasteiger partial charge in [0.05, 0.1) is 17.6 Å². The van der Waals surface area contributed by atoms with E-state index in [9.17, 15) is 4.79 Å². The number of benzene rings is 1. The van der Waals surface area contributed by atoms with Gasteiger partial charge in [0.2, 0.25) is 0 Å². The highest BCUT2D eigenvalue weighted by atomic mass is 16.5. The van der Waals surface area contributed by atoms with Crippen molar-refractivity contribution in [1.82, 2.24) is 0 Å². The van der Waals surface area contributed by atoms with Gasteiger partial charge in [0.15, 0.2) is 0 Å². The smallest absolute Gasteiger partial charge is 0.314 e. The Morgan fingerprint density at radius 3 is 2.45 bits per heavy atom. The fourth-order valence-corrected chi connectivity index (χ4v) is 2.89. The molecule has 3 nitrogen and oxygen atoms in total. The highest BCUT2D eigenvalue weighted by Gasteiger charge is 2.27. The van der Waals surface area contributed by atoms with Crippen molar-refractivity contribution in [2.75, 3.05) is 0 Å². The SMILES string of the molecule is CCC[C@H]1CC[C@H](C(=O)Oc2ccc(C#N)cc2)CC1. The van der Waals surface area contributed by atoms with Gasteiger partial charge in [-0.05, 0) is 55.9 Å². The zero-order valence-corrected chi connectivity index (χ0v) is 12.0. The van der Waals surface area contributed by atoms with Crippen LogP contribution >= 0.6 is 0 Å². The molecule has 0 radical (unpaired) electrons. The molecular formula is C17H21NO2. The summed E-state index contributed by atoms with van der Waals surface area (Å²) in [4.78, 5) is 12.1. The number of rotatable bonds is 4. The first-order valence-electron chi connectivity index (χ1n) is 7.44. The van der Waals surface area contributed by atoms with Gasteiger partial charge >= 0.3 is 5.97 Å². The molecule has 1 aromatic rings. The molecule has 1 fully saturated rings. The number of ether oxygens (including phenoxy) is 1. The number of carbonyl (C=O) groups excluding carboxylic acids is 1. The van der Waals surface area contributed by atoms with Crippen LogP contribution in [0.3, 0.4) is 0 Å². The standard InChI is InChI=1S/C17H21NO2/c1-2-3-13-4-8-15(9-5-13)17(19)20-16-10-6-14(12-18)7-11-16/h6-7,10-11,13,15H,2-5,8-9H2,1H3/t13-,15-. The fourth-order valence-electron chi connectivity index (χ4n) is 2.89. The van der Waals surface area contributed by atoms with Crippen LogP contribution in [0.5, 0.6) is 5.75 Å². The van der Waals surface area contributed by atoms with E-state index in [-0.39, 0.29) is 11.9 Å². The van der Waals surface area contributed by atoms with Crippen molar-refractivity contribution in [2.24, 2.45) is 11.8 Å². The van der Waals surface area contributed by atoms with Crippen molar-refractivity contribution in [3.8, 4) is 11.8 Å². The molecule has 0 bridgehead atoms. The molecule has 0 saturated heterocycles. The molecule has 20 heavy (non-hydrogen) atoms. The lowest BCUT2D eigenvalue weighted by Crippen LogP contribution is -2.25. The van der Waals surface area contributed by atoms with Crippen molar-refractivity contribution < 1.29 is 9.53 Å². The van der Waals surface area contributed by atoms with E-state index in [2.05, 4.69) is 6.92 Å². The maximum atomic E-state index is 12.1. The van der Waals surface area contributed by atoms with Gasteiger partial charge in [-0.1, -0.05) is 19.8 Å². The average Bonchev–Trinajstić information content (AvgIpc) is 2.49. The Labute approximate surface area is 120 Å². The van der Waals surface area contributed by atoms with Crippen LogP contribution in [0, 0.1) is 23.2 Å². The first-order chi connectivity index (χ1) is 9.72. The Balaban J connectivity index is 1.84. The Kier molecular flexibility index (Phi) is 5.17. The van der Waals surface area contributed by atoms with E-state index in [1.165, 1.54) is 12.8 Å². The van der Waals surface area contributed by atoms with E-state index in [0.717, 1.165) is 31.6 Å². The monoisotopic (exact) mass is 271 g/mol. The molecule has 0 amide bonds. The van der Waals surface area contributed by atoms with Gasteiger partial charge in [-0.2, -0.15) is 5.26 Å². The predicted octanol–water partition coefficient (Wildman–Crippen LogP) is 4.07. The second kappa shape index (κ2) is 7.09. The molecular weight excluding hydrogens is 250 g/mol. The average molecular weight is 271 g/mol. The number of hydrogen-bond acceptors (Lipinski definition) is 3. The van der Waals surface area contributed by atoms with Crippen LogP contribution in [-0.2, 0) is 4.79 Å². The summed E-state index contributed by atoms with van der Waals surface area (Å²) in [5.74, 6) is 1.24. The summed E-state index contributed by atoms with van der Waals surface area (Å²) in [7, 11) is 0. The topological polar surface area (TPSA) is 50.1 Å². The molecule has 1 aliphatic carbocycles. The van der Waals surface area contributed by atoms with E-state index < -0.39 is 0 Å². The second-order valence-electron chi connectivity index (χ2n) is 5.56. The zero-order chi connectivity index (χ0) is 14.4. The third-order valence-electron chi connectivity index (χ3n) is 4.08. The molecule has 0 heterocycles. The molecule has 0 N–H and O–H groups in total. The van der Waals surface area contributed by atoms with Gasteiger partial charge in [-0.3, -0.25) is 4.79 Å². The summed E-state index contributed by atoms with van der Waals surface area (Å²) in [6, 6.07) is 8.74. The summed E-state index contributed by atoms with van der Waals surface area (Å²) in [6.07, 6.45) is 6.67. The highest BCUT2D eigenvalue weighted by Crippen LogP contribution is 2.32. The molecule has 2 rings (SSSR count). The third-order valence-corrected chi connectivity index (χ3v) is 4.08. The minimum atomic E-state index is -0.121. The molecule has 0 aromatic heterocycles. The minimum absolute atomic E-state index is 0.0405. The zero-order valence-electron chi connectivity index (χ0n) is 12.0. The Bertz CT molecular complexity index is 479. The molecule has 0 spiro atoms. The van der Waals surface area contributed by atoms with Crippen LogP contribution in [0.1, 0.15) is 51.0 Å². The first-order valence-corrected chi connectivity index (χ1v) is 7.44. The summed E-state index contributed by atoms with van der Waals surface area (Å²) >= 11 is 0. The van der Waals surface area contributed by atoms with E-state index in [1.807, 2.05) is 6.07 Å². The quantitative estimate of drug-likeness (QED) is 0.612. The maximum absolute atomic E-state index is 12.1. The summed E-state index contributed by atoms with van der Waals surface area (Å²) in [5.41, 5.74) is 0.574. The highest BCUT2D eigenvalue weighted by molar-refractivity contribution is 5.75. The van der Waals surface area contributed by atoms with Crippen molar-refractivity contribution in [3.05, 3.63) is 29.8 Å². The molecule has 1 saturated carbocycles. The van der Waals surface area contributed by atoms with Crippen molar-refractivity contribution >= 4 is 5.97 Å². The summed E-state index contributed by atoms with van der Waals surface area (Å²) < 4.78 is 5.40. The lowest BCUT2D eigenvalue weighted by molar-refractivity contribution is -0.140. The van der Waals surface area contributed by atoms with Crippen LogP contribution in [0.25, 0.3) is 0 Å². The maximum Gasteiger partial charge on any atom is 0.314 e. The van der Waals surface area contributed by atoms with Crippen LogP contribution in [0.15, 0.2) is 24.3 Å². The van der Waals surface area contributed by atoms with Crippen LogP contribution in [0.2, 0.25) is 0 Å².